The second kappa shape index (κ2) is 5.90. The molecular formula is C18H20F4O2. The van der Waals surface area contributed by atoms with Crippen LogP contribution in [0.3, 0.4) is 0 Å². The first-order valence-electron chi connectivity index (χ1n) is 7.59. The minimum absolute atomic E-state index is 0.314. The van der Waals surface area contributed by atoms with Crippen molar-refractivity contribution in [2.24, 2.45) is 16.7 Å². The lowest BCUT2D eigenvalue weighted by Gasteiger charge is -2.12. The van der Waals surface area contributed by atoms with Crippen molar-refractivity contribution in [3.63, 3.8) is 0 Å². The van der Waals surface area contributed by atoms with Crippen LogP contribution in [0.15, 0.2) is 12.7 Å². The smallest absolute Gasteiger partial charge is 0.310 e. The monoisotopic (exact) mass is 344 g/mol. The van der Waals surface area contributed by atoms with Gasteiger partial charge in [0.15, 0.2) is 23.3 Å². The van der Waals surface area contributed by atoms with Crippen molar-refractivity contribution in [3.05, 3.63) is 47.1 Å². The van der Waals surface area contributed by atoms with E-state index in [9.17, 15) is 22.4 Å². The second-order valence-corrected chi connectivity index (χ2v) is 7.19. The number of rotatable bonds is 5. The minimum atomic E-state index is -1.55. The predicted octanol–water partition coefficient (Wildman–Crippen LogP) is 4.70. The molecule has 2 rings (SSSR count). The van der Waals surface area contributed by atoms with Crippen LogP contribution in [0.25, 0.3) is 0 Å². The van der Waals surface area contributed by atoms with Gasteiger partial charge >= 0.3 is 5.97 Å². The van der Waals surface area contributed by atoms with Gasteiger partial charge in [-0.3, -0.25) is 4.79 Å². The number of allylic oxidation sites excluding steroid dienone is 1. The number of halogens is 4. The number of hydrogen-bond donors (Lipinski definition) is 0. The van der Waals surface area contributed by atoms with Crippen LogP contribution in [0, 0.1) is 40.0 Å². The maximum absolute atomic E-state index is 14.0. The van der Waals surface area contributed by atoms with Gasteiger partial charge in [0, 0.05) is 5.56 Å². The minimum Gasteiger partial charge on any atom is -0.460 e. The maximum Gasteiger partial charge on any atom is 0.310 e. The average Bonchev–Trinajstić information content (AvgIpc) is 2.91. The summed E-state index contributed by atoms with van der Waals surface area (Å²) in [5.74, 6) is -7.16. The molecule has 0 atom stereocenters. The molecule has 132 valence electrons. The van der Waals surface area contributed by atoms with Crippen LogP contribution < -0.4 is 0 Å². The molecule has 0 aromatic heterocycles. The van der Waals surface area contributed by atoms with E-state index in [1.54, 1.807) is 0 Å². The molecule has 1 aromatic carbocycles. The molecule has 0 bridgehead atoms. The molecule has 1 fully saturated rings. The van der Waals surface area contributed by atoms with Gasteiger partial charge in [-0.2, -0.15) is 0 Å². The summed E-state index contributed by atoms with van der Waals surface area (Å²) < 4.78 is 60.6. The first kappa shape index (κ1) is 18.5. The Morgan fingerprint density at radius 2 is 1.42 bits per heavy atom. The van der Waals surface area contributed by atoms with Gasteiger partial charge in [0.25, 0.3) is 0 Å². The standard InChI is InChI=1S/C18H20F4O2/c1-6-7-9-11(19)13(21)10(14(22)12(9)20)8-24-16(23)15-17(2,3)18(15,4)5/h6,15H,1,7-8H2,2-5H3. The zero-order chi connectivity index (χ0) is 18.4. The van der Waals surface area contributed by atoms with Gasteiger partial charge in [-0.25, -0.2) is 17.6 Å². The molecule has 1 aliphatic carbocycles. The second-order valence-electron chi connectivity index (χ2n) is 7.19. The van der Waals surface area contributed by atoms with Crippen molar-refractivity contribution >= 4 is 5.97 Å². The van der Waals surface area contributed by atoms with E-state index in [-0.39, 0.29) is 17.3 Å². The average molecular weight is 344 g/mol. The highest BCUT2D eigenvalue weighted by atomic mass is 19.2. The third-order valence-electron chi connectivity index (χ3n) is 5.41. The molecule has 0 heterocycles. The number of benzene rings is 1. The Hall–Kier alpha value is -1.85. The zero-order valence-corrected chi connectivity index (χ0v) is 14.1. The van der Waals surface area contributed by atoms with Crippen LogP contribution in [-0.2, 0) is 22.6 Å². The lowest BCUT2D eigenvalue weighted by atomic mass is 10.0. The van der Waals surface area contributed by atoms with Crippen LogP contribution in [0.1, 0.15) is 38.8 Å². The van der Waals surface area contributed by atoms with Gasteiger partial charge in [0.2, 0.25) is 0 Å². The summed E-state index contributed by atoms with van der Waals surface area (Å²) in [7, 11) is 0. The molecule has 0 spiro atoms. The van der Waals surface area contributed by atoms with Crippen molar-refractivity contribution in [3.8, 4) is 0 Å². The summed E-state index contributed by atoms with van der Waals surface area (Å²) in [6.45, 7) is 9.94. The SMILES string of the molecule is C=CCc1c(F)c(F)c(COC(=O)C2C(C)(C)C2(C)C)c(F)c1F. The molecule has 1 saturated carbocycles. The van der Waals surface area contributed by atoms with Gasteiger partial charge in [-0.1, -0.05) is 33.8 Å². The van der Waals surface area contributed by atoms with Crippen LogP contribution in [0.2, 0.25) is 0 Å². The largest absolute Gasteiger partial charge is 0.460 e. The number of esters is 1. The maximum atomic E-state index is 14.0. The van der Waals surface area contributed by atoms with Gasteiger partial charge in [-0.05, 0) is 17.3 Å². The lowest BCUT2D eigenvalue weighted by Crippen LogP contribution is -2.15. The zero-order valence-electron chi connectivity index (χ0n) is 14.1. The van der Waals surface area contributed by atoms with Crippen molar-refractivity contribution < 1.29 is 27.1 Å². The molecule has 0 radical (unpaired) electrons. The Labute approximate surface area is 138 Å². The molecule has 0 saturated heterocycles. The predicted molar refractivity (Wildman–Crippen MR) is 81.0 cm³/mol. The topological polar surface area (TPSA) is 26.3 Å². The van der Waals surface area contributed by atoms with E-state index in [1.165, 1.54) is 0 Å². The van der Waals surface area contributed by atoms with Gasteiger partial charge in [0.05, 0.1) is 11.5 Å². The Kier molecular flexibility index (Phi) is 4.55. The first-order valence-corrected chi connectivity index (χ1v) is 7.59. The van der Waals surface area contributed by atoms with E-state index >= 15 is 0 Å². The van der Waals surface area contributed by atoms with Crippen LogP contribution in [0.4, 0.5) is 17.6 Å². The Morgan fingerprint density at radius 3 is 1.79 bits per heavy atom. The highest BCUT2D eigenvalue weighted by Gasteiger charge is 2.69. The van der Waals surface area contributed by atoms with Crippen LogP contribution in [-0.4, -0.2) is 5.97 Å². The lowest BCUT2D eigenvalue weighted by molar-refractivity contribution is -0.148. The summed E-state index contributed by atoms with van der Waals surface area (Å²) >= 11 is 0. The third kappa shape index (κ3) is 2.62. The third-order valence-corrected chi connectivity index (χ3v) is 5.41. The van der Waals surface area contributed by atoms with Gasteiger partial charge in [-0.15, -0.1) is 6.58 Å². The molecular weight excluding hydrogens is 324 g/mol. The van der Waals surface area contributed by atoms with Crippen LogP contribution >= 0.6 is 0 Å². The van der Waals surface area contributed by atoms with E-state index in [2.05, 4.69) is 6.58 Å². The molecule has 0 N–H and O–H groups in total. The molecule has 0 amide bonds. The number of carbonyl (C=O) groups is 1. The van der Waals surface area contributed by atoms with E-state index in [4.69, 9.17) is 4.74 Å². The highest BCUT2D eigenvalue weighted by molar-refractivity contribution is 5.78. The summed E-state index contributed by atoms with van der Waals surface area (Å²) in [6, 6.07) is 0. The van der Waals surface area contributed by atoms with Crippen molar-refractivity contribution in [2.75, 3.05) is 0 Å². The van der Waals surface area contributed by atoms with Crippen molar-refractivity contribution in [2.45, 2.75) is 40.7 Å². The first-order chi connectivity index (χ1) is 11.0. The molecule has 6 heteroatoms. The molecule has 1 aliphatic rings. The molecule has 2 nitrogen and oxygen atoms in total. The van der Waals surface area contributed by atoms with E-state index in [0.29, 0.717) is 0 Å². The Bertz CT molecular complexity index is 664. The molecule has 0 unspecified atom stereocenters. The fourth-order valence-corrected chi connectivity index (χ4v) is 3.19. The van der Waals surface area contributed by atoms with E-state index < -0.39 is 52.9 Å². The number of carbonyl (C=O) groups excluding carboxylic acids is 1. The molecule has 0 aliphatic heterocycles. The van der Waals surface area contributed by atoms with Gasteiger partial charge < -0.3 is 4.74 Å². The molecule has 24 heavy (non-hydrogen) atoms. The van der Waals surface area contributed by atoms with Crippen molar-refractivity contribution in [1.82, 2.24) is 0 Å². The van der Waals surface area contributed by atoms with E-state index in [0.717, 1.165) is 6.08 Å². The van der Waals surface area contributed by atoms with Gasteiger partial charge in [0.1, 0.15) is 6.61 Å². The number of ether oxygens (including phenoxy) is 1. The normalized spacial score (nSPS) is 18.3. The van der Waals surface area contributed by atoms with Crippen LogP contribution in [0.5, 0.6) is 0 Å². The molecule has 1 aromatic rings. The fourth-order valence-electron chi connectivity index (χ4n) is 3.19. The summed E-state index contributed by atoms with van der Waals surface area (Å²) in [6.07, 6.45) is 0.785. The highest BCUT2D eigenvalue weighted by Crippen LogP contribution is 2.68. The summed E-state index contributed by atoms with van der Waals surface area (Å²) in [4.78, 5) is 12.1. The summed E-state index contributed by atoms with van der Waals surface area (Å²) in [5, 5.41) is 0. The fraction of sp³-hybridized carbons (Fsp3) is 0.500. The Morgan fingerprint density at radius 1 is 1.00 bits per heavy atom. The van der Waals surface area contributed by atoms with E-state index in [1.807, 2.05) is 27.7 Å². The van der Waals surface area contributed by atoms with Crippen molar-refractivity contribution in [1.29, 1.82) is 0 Å². The Balaban J connectivity index is 2.23. The number of hydrogen-bond acceptors (Lipinski definition) is 2. The summed E-state index contributed by atoms with van der Waals surface area (Å²) in [5.41, 5.74) is -2.29. The quantitative estimate of drug-likeness (QED) is 0.335.